The lowest BCUT2D eigenvalue weighted by molar-refractivity contribution is 0.414. The number of benzene rings is 2. The lowest BCUT2D eigenvalue weighted by Gasteiger charge is -2.13. The van der Waals surface area contributed by atoms with Crippen LogP contribution in [-0.4, -0.2) is 34.9 Å². The van der Waals surface area contributed by atoms with Gasteiger partial charge < -0.3 is 15.4 Å². The molecule has 0 unspecified atom stereocenters. The third-order valence-electron chi connectivity index (χ3n) is 3.90. The molecule has 2 N–H and O–H groups in total. The summed E-state index contributed by atoms with van der Waals surface area (Å²) in [4.78, 5) is 8.22. The first-order valence-electron chi connectivity index (χ1n) is 8.30. The van der Waals surface area contributed by atoms with Crippen LogP contribution in [0.4, 0.5) is 0 Å². The summed E-state index contributed by atoms with van der Waals surface area (Å²) >= 11 is 0. The van der Waals surface area contributed by atoms with Crippen molar-refractivity contribution in [2.45, 2.75) is 13.1 Å². The molecule has 0 aliphatic rings. The molecule has 1 aromatic heterocycles. The lowest BCUT2D eigenvalue weighted by atomic mass is 10.2. The Hall–Kier alpha value is -2.62. The Labute approximate surface area is 175 Å². The van der Waals surface area contributed by atoms with Crippen LogP contribution in [0.25, 0.3) is 5.69 Å². The van der Waals surface area contributed by atoms with Crippen LogP contribution in [0, 0.1) is 0 Å². The zero-order valence-electron chi connectivity index (χ0n) is 15.3. The second-order valence-electron chi connectivity index (χ2n) is 5.64. The van der Waals surface area contributed by atoms with Gasteiger partial charge in [0.1, 0.15) is 18.4 Å². The van der Waals surface area contributed by atoms with Crippen molar-refractivity contribution in [3.63, 3.8) is 0 Å². The first kappa shape index (κ1) is 20.7. The zero-order chi connectivity index (χ0) is 18.2. The van der Waals surface area contributed by atoms with E-state index in [0.717, 1.165) is 28.5 Å². The molecule has 3 rings (SSSR count). The maximum Gasteiger partial charge on any atom is 0.191 e. The molecule has 3 aromatic rings. The molecule has 1 heterocycles. The minimum atomic E-state index is 0. The van der Waals surface area contributed by atoms with E-state index in [9.17, 15) is 0 Å². The molecular weight excluding hydrogens is 455 g/mol. The Kier molecular flexibility index (Phi) is 8.05. The summed E-state index contributed by atoms with van der Waals surface area (Å²) < 4.78 is 6.97. The molecule has 0 radical (unpaired) electrons. The molecule has 8 heteroatoms. The minimum absolute atomic E-state index is 0. The van der Waals surface area contributed by atoms with E-state index in [1.165, 1.54) is 6.33 Å². The molecule has 0 saturated heterocycles. The molecule has 0 amide bonds. The van der Waals surface area contributed by atoms with Crippen LogP contribution in [-0.2, 0) is 13.1 Å². The number of rotatable bonds is 6. The Morgan fingerprint density at radius 3 is 2.44 bits per heavy atom. The van der Waals surface area contributed by atoms with Crippen LogP contribution in [0.5, 0.6) is 5.75 Å². The second-order valence-corrected chi connectivity index (χ2v) is 5.64. The van der Waals surface area contributed by atoms with Gasteiger partial charge >= 0.3 is 0 Å². The summed E-state index contributed by atoms with van der Waals surface area (Å²) in [5.41, 5.74) is 3.26. The molecule has 142 valence electrons. The van der Waals surface area contributed by atoms with Gasteiger partial charge in [-0.1, -0.05) is 24.3 Å². The molecule has 0 saturated carbocycles. The van der Waals surface area contributed by atoms with Crippen molar-refractivity contribution >= 4 is 29.9 Å². The number of nitrogens with zero attached hydrogens (tertiary/aromatic N) is 4. The average Bonchev–Trinajstić information content (AvgIpc) is 3.23. The van der Waals surface area contributed by atoms with Crippen molar-refractivity contribution in [3.05, 3.63) is 72.3 Å². The van der Waals surface area contributed by atoms with Crippen molar-refractivity contribution < 1.29 is 4.74 Å². The van der Waals surface area contributed by atoms with E-state index in [4.69, 9.17) is 4.74 Å². The third-order valence-corrected chi connectivity index (χ3v) is 3.90. The number of guanidine groups is 1. The minimum Gasteiger partial charge on any atom is -0.497 e. The highest BCUT2D eigenvalue weighted by molar-refractivity contribution is 14.0. The molecule has 0 spiro atoms. The number of hydrogen-bond acceptors (Lipinski definition) is 4. The van der Waals surface area contributed by atoms with Crippen LogP contribution in [0.3, 0.4) is 0 Å². The van der Waals surface area contributed by atoms with Gasteiger partial charge in [-0.05, 0) is 35.4 Å². The Bertz CT molecular complexity index is 849. The van der Waals surface area contributed by atoms with Crippen LogP contribution in [0.2, 0.25) is 0 Å². The van der Waals surface area contributed by atoms with Gasteiger partial charge in [-0.3, -0.25) is 4.99 Å². The fourth-order valence-corrected chi connectivity index (χ4v) is 2.48. The standard InChI is InChI=1S/C19H22N6O.HI/c1-20-19(23-12-16-4-3-5-18(10-16)26-2)22-11-15-6-8-17(9-7-15)25-14-21-13-24-25;/h3-10,13-14H,11-12H2,1-2H3,(H2,20,22,23);1H. The van der Waals surface area contributed by atoms with E-state index in [0.29, 0.717) is 13.1 Å². The number of halogens is 1. The Morgan fingerprint density at radius 1 is 1.07 bits per heavy atom. The Balaban J connectivity index is 0.00000261. The summed E-state index contributed by atoms with van der Waals surface area (Å²) in [5, 5.41) is 10.7. The van der Waals surface area contributed by atoms with E-state index in [2.05, 4.69) is 37.8 Å². The normalized spacial score (nSPS) is 10.8. The molecule has 0 fully saturated rings. The zero-order valence-corrected chi connectivity index (χ0v) is 17.6. The maximum atomic E-state index is 5.25. The lowest BCUT2D eigenvalue weighted by Crippen LogP contribution is -2.36. The molecule has 7 nitrogen and oxygen atoms in total. The predicted molar refractivity (Wildman–Crippen MR) is 117 cm³/mol. The molecule has 0 bridgehead atoms. The van der Waals surface area contributed by atoms with Crippen LogP contribution in [0.15, 0.2) is 66.2 Å². The number of nitrogens with one attached hydrogen (secondary N) is 2. The highest BCUT2D eigenvalue weighted by Gasteiger charge is 2.02. The molecule has 0 aliphatic heterocycles. The quantitative estimate of drug-likeness (QED) is 0.324. The number of ether oxygens (including phenoxy) is 1. The average molecular weight is 478 g/mol. The third kappa shape index (κ3) is 5.95. The van der Waals surface area contributed by atoms with E-state index >= 15 is 0 Å². The van der Waals surface area contributed by atoms with Gasteiger partial charge in [0.2, 0.25) is 0 Å². The van der Waals surface area contributed by atoms with E-state index in [1.807, 2.05) is 36.4 Å². The predicted octanol–water partition coefficient (Wildman–Crippen LogP) is 2.76. The van der Waals surface area contributed by atoms with Crippen LogP contribution >= 0.6 is 24.0 Å². The topological polar surface area (TPSA) is 76.4 Å². The number of hydrogen-bond donors (Lipinski definition) is 2. The molecule has 0 aliphatic carbocycles. The van der Waals surface area contributed by atoms with Gasteiger partial charge in [0, 0.05) is 20.1 Å². The fourth-order valence-electron chi connectivity index (χ4n) is 2.48. The molecule has 27 heavy (non-hydrogen) atoms. The summed E-state index contributed by atoms with van der Waals surface area (Å²) in [6.07, 6.45) is 3.20. The molecular formula is C19H23IN6O. The monoisotopic (exact) mass is 478 g/mol. The van der Waals surface area contributed by atoms with Crippen molar-refractivity contribution in [1.82, 2.24) is 25.4 Å². The summed E-state index contributed by atoms with van der Waals surface area (Å²) in [6, 6.07) is 16.1. The van der Waals surface area contributed by atoms with Crippen LogP contribution in [0.1, 0.15) is 11.1 Å². The first-order valence-corrected chi connectivity index (χ1v) is 8.30. The summed E-state index contributed by atoms with van der Waals surface area (Å²) in [7, 11) is 3.43. The van der Waals surface area contributed by atoms with Gasteiger partial charge in [0.05, 0.1) is 12.8 Å². The van der Waals surface area contributed by atoms with Crippen LogP contribution < -0.4 is 15.4 Å². The smallest absolute Gasteiger partial charge is 0.191 e. The Morgan fingerprint density at radius 2 is 1.81 bits per heavy atom. The van der Waals surface area contributed by atoms with Gasteiger partial charge in [-0.2, -0.15) is 5.10 Å². The molecule has 0 atom stereocenters. The first-order chi connectivity index (χ1) is 12.8. The second kappa shape index (κ2) is 10.5. The number of aliphatic imine (C=N–C) groups is 1. The highest BCUT2D eigenvalue weighted by Crippen LogP contribution is 2.12. The van der Waals surface area contributed by atoms with Crippen molar-refractivity contribution in [3.8, 4) is 11.4 Å². The van der Waals surface area contributed by atoms with Gasteiger partial charge in [-0.25, -0.2) is 9.67 Å². The van der Waals surface area contributed by atoms with Crippen molar-refractivity contribution in [1.29, 1.82) is 0 Å². The van der Waals surface area contributed by atoms with Gasteiger partial charge in [-0.15, -0.1) is 24.0 Å². The maximum absolute atomic E-state index is 5.25. The van der Waals surface area contributed by atoms with E-state index in [1.54, 1.807) is 25.2 Å². The number of methoxy groups -OCH3 is 1. The number of aromatic nitrogens is 3. The van der Waals surface area contributed by atoms with Gasteiger partial charge in [0.15, 0.2) is 5.96 Å². The van der Waals surface area contributed by atoms with Crippen molar-refractivity contribution in [2.75, 3.05) is 14.2 Å². The van der Waals surface area contributed by atoms with Crippen molar-refractivity contribution in [2.24, 2.45) is 4.99 Å². The SMILES string of the molecule is CN=C(NCc1ccc(-n2cncn2)cc1)NCc1cccc(OC)c1.I. The summed E-state index contributed by atoms with van der Waals surface area (Å²) in [6.45, 7) is 1.34. The fraction of sp³-hybridized carbons (Fsp3) is 0.211. The highest BCUT2D eigenvalue weighted by atomic mass is 127. The summed E-state index contributed by atoms with van der Waals surface area (Å²) in [5.74, 6) is 1.59. The molecule has 2 aromatic carbocycles. The van der Waals surface area contributed by atoms with E-state index in [-0.39, 0.29) is 24.0 Å². The largest absolute Gasteiger partial charge is 0.497 e. The van der Waals surface area contributed by atoms with E-state index < -0.39 is 0 Å². The van der Waals surface area contributed by atoms with Gasteiger partial charge in [0.25, 0.3) is 0 Å².